The van der Waals surface area contributed by atoms with Crippen LogP contribution in [0.1, 0.15) is 37.3 Å². The number of allylic oxidation sites excluding steroid dienone is 3. The lowest BCUT2D eigenvalue weighted by molar-refractivity contribution is -0.137. The maximum absolute atomic E-state index is 11.5. The molecule has 0 aromatic heterocycles. The third-order valence-electron chi connectivity index (χ3n) is 4.29. The highest BCUT2D eigenvalue weighted by Crippen LogP contribution is 2.51. The predicted octanol–water partition coefficient (Wildman–Crippen LogP) is 4.12. The van der Waals surface area contributed by atoms with Crippen LogP contribution in [0.2, 0.25) is 0 Å². The number of fused-ring (bicyclic) bond motifs is 2. The van der Waals surface area contributed by atoms with Crippen molar-refractivity contribution >= 4 is 11.5 Å². The molecule has 2 nitrogen and oxygen atoms in total. The molecule has 2 heteroatoms. The number of rotatable bonds is 3. The van der Waals surface area contributed by atoms with Crippen molar-refractivity contribution in [3.05, 3.63) is 53.8 Å². The molecule has 0 amide bonds. The highest BCUT2D eigenvalue weighted by Gasteiger charge is 2.43. The van der Waals surface area contributed by atoms with E-state index in [9.17, 15) is 4.79 Å². The van der Waals surface area contributed by atoms with Crippen molar-refractivity contribution in [2.24, 2.45) is 11.8 Å². The summed E-state index contributed by atoms with van der Waals surface area (Å²) in [5, 5.41) is 0. The molecule has 1 fully saturated rings. The molecule has 2 atom stereocenters. The summed E-state index contributed by atoms with van der Waals surface area (Å²) in [4.78, 5) is 11.5. The van der Waals surface area contributed by atoms with Gasteiger partial charge in [-0.3, -0.25) is 4.79 Å². The quantitative estimate of drug-likeness (QED) is 0.609. The third-order valence-corrected chi connectivity index (χ3v) is 4.29. The van der Waals surface area contributed by atoms with Gasteiger partial charge in [-0.2, -0.15) is 0 Å². The summed E-state index contributed by atoms with van der Waals surface area (Å²) in [5.41, 5.74) is 3.74. The first kappa shape index (κ1) is 13.2. The minimum Gasteiger partial charge on any atom is -0.431 e. The number of aryl methyl sites for hydroxylation is 1. The Balaban J connectivity index is 2.13. The molecule has 2 unspecified atom stereocenters. The zero-order valence-electron chi connectivity index (χ0n) is 11.9. The first-order chi connectivity index (χ1) is 9.70. The van der Waals surface area contributed by atoms with E-state index in [0.717, 1.165) is 30.6 Å². The van der Waals surface area contributed by atoms with E-state index in [1.165, 1.54) is 24.5 Å². The maximum atomic E-state index is 11.5. The largest absolute Gasteiger partial charge is 0.431 e. The smallest absolute Gasteiger partial charge is 0.307 e. The number of esters is 1. The standard InChI is InChI=1S/C18H20O2/c1-3-6-16-15-8-5-4-7-13(15)9-10-14-11-17(14)18(16)20-12(2)19/h3-5,7-8,14,17H,1,6,9-11H2,2H3/b18-16+. The van der Waals surface area contributed by atoms with Gasteiger partial charge in [-0.25, -0.2) is 0 Å². The molecule has 0 aliphatic heterocycles. The Morgan fingerprint density at radius 3 is 3.00 bits per heavy atom. The van der Waals surface area contributed by atoms with Crippen LogP contribution in [-0.4, -0.2) is 5.97 Å². The van der Waals surface area contributed by atoms with Crippen molar-refractivity contribution in [2.75, 3.05) is 0 Å². The fourth-order valence-electron chi connectivity index (χ4n) is 3.26. The topological polar surface area (TPSA) is 26.3 Å². The fourth-order valence-corrected chi connectivity index (χ4v) is 3.26. The van der Waals surface area contributed by atoms with Crippen LogP contribution in [0.4, 0.5) is 0 Å². The van der Waals surface area contributed by atoms with Crippen LogP contribution in [0.25, 0.3) is 5.57 Å². The van der Waals surface area contributed by atoms with Gasteiger partial charge in [-0.15, -0.1) is 6.58 Å². The molecule has 0 N–H and O–H groups in total. The van der Waals surface area contributed by atoms with Gasteiger partial charge in [-0.05, 0) is 42.7 Å². The molecule has 3 rings (SSSR count). The van der Waals surface area contributed by atoms with Crippen LogP contribution < -0.4 is 0 Å². The summed E-state index contributed by atoms with van der Waals surface area (Å²) in [6, 6.07) is 8.47. The first-order valence-electron chi connectivity index (χ1n) is 7.31. The van der Waals surface area contributed by atoms with E-state index in [0.29, 0.717) is 11.8 Å². The van der Waals surface area contributed by atoms with Gasteiger partial charge in [0.15, 0.2) is 0 Å². The third kappa shape index (κ3) is 2.43. The van der Waals surface area contributed by atoms with Crippen LogP contribution in [0.15, 0.2) is 42.7 Å². The fraction of sp³-hybridized carbons (Fsp3) is 0.389. The Labute approximate surface area is 120 Å². The van der Waals surface area contributed by atoms with Crippen LogP contribution in [0.5, 0.6) is 0 Å². The zero-order chi connectivity index (χ0) is 14.1. The van der Waals surface area contributed by atoms with Crippen LogP contribution in [-0.2, 0) is 16.0 Å². The molecule has 1 aromatic rings. The van der Waals surface area contributed by atoms with Crippen LogP contribution in [0.3, 0.4) is 0 Å². The lowest BCUT2D eigenvalue weighted by Crippen LogP contribution is -2.09. The van der Waals surface area contributed by atoms with Gasteiger partial charge < -0.3 is 4.74 Å². The molecule has 0 bridgehead atoms. The molecular weight excluding hydrogens is 248 g/mol. The van der Waals surface area contributed by atoms with Crippen molar-refractivity contribution in [2.45, 2.75) is 32.6 Å². The van der Waals surface area contributed by atoms with Crippen LogP contribution >= 0.6 is 0 Å². The van der Waals surface area contributed by atoms with Gasteiger partial charge in [0, 0.05) is 18.4 Å². The van der Waals surface area contributed by atoms with Gasteiger partial charge in [0.25, 0.3) is 0 Å². The lowest BCUT2D eigenvalue weighted by Gasteiger charge is -2.19. The summed E-state index contributed by atoms with van der Waals surface area (Å²) in [6.45, 7) is 5.35. The molecule has 1 aromatic carbocycles. The summed E-state index contributed by atoms with van der Waals surface area (Å²) in [7, 11) is 0. The minimum atomic E-state index is -0.217. The first-order valence-corrected chi connectivity index (χ1v) is 7.31. The Hall–Kier alpha value is -1.83. The van der Waals surface area contributed by atoms with Crippen molar-refractivity contribution in [3.8, 4) is 0 Å². The average molecular weight is 268 g/mol. The van der Waals surface area contributed by atoms with Gasteiger partial charge in [0.05, 0.1) is 0 Å². The van der Waals surface area contributed by atoms with E-state index in [-0.39, 0.29) is 5.97 Å². The number of benzene rings is 1. The maximum Gasteiger partial charge on any atom is 0.307 e. The average Bonchev–Trinajstić information content (AvgIpc) is 3.18. The predicted molar refractivity (Wildman–Crippen MR) is 79.9 cm³/mol. The Kier molecular flexibility index (Phi) is 3.47. The van der Waals surface area contributed by atoms with E-state index in [4.69, 9.17) is 4.74 Å². The molecule has 0 saturated heterocycles. The molecular formula is C18H20O2. The summed E-state index contributed by atoms with van der Waals surface area (Å²) < 4.78 is 5.60. The summed E-state index contributed by atoms with van der Waals surface area (Å²) in [5.74, 6) is 1.79. The second kappa shape index (κ2) is 5.28. The molecule has 0 spiro atoms. The number of ether oxygens (including phenoxy) is 1. The second-order valence-corrected chi connectivity index (χ2v) is 5.73. The molecule has 0 radical (unpaired) electrons. The van der Waals surface area contributed by atoms with Crippen molar-refractivity contribution in [1.82, 2.24) is 0 Å². The Morgan fingerprint density at radius 2 is 2.25 bits per heavy atom. The Morgan fingerprint density at radius 1 is 1.45 bits per heavy atom. The van der Waals surface area contributed by atoms with Gasteiger partial charge in [0.1, 0.15) is 5.76 Å². The molecule has 0 heterocycles. The highest BCUT2D eigenvalue weighted by atomic mass is 16.5. The number of carbonyl (C=O) groups is 1. The molecule has 20 heavy (non-hydrogen) atoms. The van der Waals surface area contributed by atoms with Gasteiger partial charge in [-0.1, -0.05) is 30.3 Å². The lowest BCUT2D eigenvalue weighted by atomic mass is 9.89. The second-order valence-electron chi connectivity index (χ2n) is 5.73. The van der Waals surface area contributed by atoms with E-state index >= 15 is 0 Å². The van der Waals surface area contributed by atoms with E-state index in [1.54, 1.807) is 0 Å². The minimum absolute atomic E-state index is 0.217. The van der Waals surface area contributed by atoms with Crippen molar-refractivity contribution < 1.29 is 9.53 Å². The monoisotopic (exact) mass is 268 g/mol. The van der Waals surface area contributed by atoms with Crippen molar-refractivity contribution in [1.29, 1.82) is 0 Å². The molecule has 2 aliphatic carbocycles. The van der Waals surface area contributed by atoms with Crippen LogP contribution in [0, 0.1) is 11.8 Å². The molecule has 1 saturated carbocycles. The SMILES string of the molecule is C=CC/C1=C(\OC(C)=O)C2CC2CCc2ccccc21. The molecule has 2 aliphatic rings. The summed E-state index contributed by atoms with van der Waals surface area (Å²) >= 11 is 0. The number of carbonyl (C=O) groups excluding carboxylic acids is 1. The zero-order valence-corrected chi connectivity index (χ0v) is 11.9. The normalized spacial score (nSPS) is 27.6. The van der Waals surface area contributed by atoms with E-state index in [1.807, 2.05) is 6.08 Å². The number of hydrogen-bond donors (Lipinski definition) is 0. The number of hydrogen-bond acceptors (Lipinski definition) is 2. The van der Waals surface area contributed by atoms with E-state index < -0.39 is 0 Å². The van der Waals surface area contributed by atoms with E-state index in [2.05, 4.69) is 30.8 Å². The van der Waals surface area contributed by atoms with Gasteiger partial charge >= 0.3 is 5.97 Å². The highest BCUT2D eigenvalue weighted by molar-refractivity contribution is 5.76. The van der Waals surface area contributed by atoms with Crippen molar-refractivity contribution in [3.63, 3.8) is 0 Å². The Bertz CT molecular complexity index is 583. The molecule has 104 valence electrons. The van der Waals surface area contributed by atoms with Gasteiger partial charge in [0.2, 0.25) is 0 Å². The summed E-state index contributed by atoms with van der Waals surface area (Å²) in [6.07, 6.45) is 6.11.